The summed E-state index contributed by atoms with van der Waals surface area (Å²) in [6.45, 7) is 0. The van der Waals surface area contributed by atoms with Crippen molar-refractivity contribution in [3.63, 3.8) is 0 Å². The first kappa shape index (κ1) is 11.0. The number of nitrogens with two attached hydrogens (primary N) is 1. The second-order valence-electron chi connectivity index (χ2n) is 4.86. The Hall–Kier alpha value is -1.88. The molecule has 0 atom stereocenters. The lowest BCUT2D eigenvalue weighted by atomic mass is 9.91. The molecular formula is C13H11ClN2O3. The lowest BCUT2D eigenvalue weighted by molar-refractivity contribution is -0.138. The molecule has 1 aromatic carbocycles. The minimum absolute atomic E-state index is 0.249. The van der Waals surface area contributed by atoms with E-state index in [1.165, 1.54) is 0 Å². The van der Waals surface area contributed by atoms with Crippen molar-refractivity contribution in [1.82, 2.24) is 5.16 Å². The molecule has 2 heterocycles. The number of rotatable bonds is 1. The Kier molecular flexibility index (Phi) is 2.07. The molecule has 2 N–H and O–H groups in total. The van der Waals surface area contributed by atoms with Gasteiger partial charge in [-0.3, -0.25) is 0 Å². The first-order valence-electron chi connectivity index (χ1n) is 6.09. The molecule has 1 aromatic heterocycles. The van der Waals surface area contributed by atoms with Gasteiger partial charge in [0, 0.05) is 30.5 Å². The van der Waals surface area contributed by atoms with E-state index in [1.807, 2.05) is 6.07 Å². The standard InChI is InChI=1S/C13H11ClN2O3/c14-8-5-11-10(17-13(18-11)2-1-3-13)4-7(8)9-6-12(15)19-16-9/h4-6H,1-3,15H2. The Balaban J connectivity index is 1.77. The van der Waals surface area contributed by atoms with E-state index < -0.39 is 5.79 Å². The Morgan fingerprint density at radius 2 is 1.89 bits per heavy atom. The van der Waals surface area contributed by atoms with Crippen LogP contribution in [0.2, 0.25) is 5.02 Å². The summed E-state index contributed by atoms with van der Waals surface area (Å²) in [7, 11) is 0. The molecule has 0 radical (unpaired) electrons. The number of nitrogens with zero attached hydrogens (tertiary/aromatic N) is 1. The predicted molar refractivity (Wildman–Crippen MR) is 69.2 cm³/mol. The number of ether oxygens (including phenoxy) is 2. The molecule has 4 rings (SSSR count). The summed E-state index contributed by atoms with van der Waals surface area (Å²) < 4.78 is 16.6. The first-order chi connectivity index (χ1) is 9.15. The van der Waals surface area contributed by atoms with Crippen molar-refractivity contribution in [2.45, 2.75) is 25.0 Å². The van der Waals surface area contributed by atoms with Gasteiger partial charge in [-0.25, -0.2) is 0 Å². The number of nitrogen functional groups attached to an aromatic ring is 1. The van der Waals surface area contributed by atoms with Crippen LogP contribution in [0.3, 0.4) is 0 Å². The van der Waals surface area contributed by atoms with Crippen molar-refractivity contribution >= 4 is 17.5 Å². The van der Waals surface area contributed by atoms with Gasteiger partial charge < -0.3 is 19.7 Å². The third kappa shape index (κ3) is 1.58. The Labute approximate surface area is 114 Å². The van der Waals surface area contributed by atoms with Crippen LogP contribution in [0.4, 0.5) is 5.88 Å². The number of halogens is 1. The molecule has 1 aliphatic carbocycles. The van der Waals surface area contributed by atoms with E-state index in [4.69, 9.17) is 31.3 Å². The van der Waals surface area contributed by atoms with E-state index >= 15 is 0 Å². The summed E-state index contributed by atoms with van der Waals surface area (Å²) >= 11 is 6.25. The van der Waals surface area contributed by atoms with Crippen LogP contribution in [-0.4, -0.2) is 10.9 Å². The number of anilines is 1. The largest absolute Gasteiger partial charge is 0.448 e. The molecule has 2 aromatic rings. The average molecular weight is 279 g/mol. The summed E-state index contributed by atoms with van der Waals surface area (Å²) in [5.41, 5.74) is 6.83. The van der Waals surface area contributed by atoms with Crippen LogP contribution in [0.5, 0.6) is 11.5 Å². The van der Waals surface area contributed by atoms with Gasteiger partial charge in [0.15, 0.2) is 11.5 Å². The quantitative estimate of drug-likeness (QED) is 0.867. The third-order valence-electron chi connectivity index (χ3n) is 3.55. The smallest absolute Gasteiger partial charge is 0.251 e. The van der Waals surface area contributed by atoms with Gasteiger partial charge in [-0.05, 0) is 12.5 Å². The number of fused-ring (bicyclic) bond motifs is 1. The van der Waals surface area contributed by atoms with Gasteiger partial charge in [-0.1, -0.05) is 16.8 Å². The Morgan fingerprint density at radius 1 is 1.16 bits per heavy atom. The van der Waals surface area contributed by atoms with Crippen LogP contribution in [-0.2, 0) is 0 Å². The zero-order valence-electron chi connectivity index (χ0n) is 9.98. The number of benzene rings is 1. The fraction of sp³-hybridized carbons (Fsp3) is 0.308. The van der Waals surface area contributed by atoms with Crippen molar-refractivity contribution in [3.8, 4) is 22.8 Å². The molecule has 1 spiro atoms. The molecule has 0 bridgehead atoms. The van der Waals surface area contributed by atoms with E-state index in [2.05, 4.69) is 5.16 Å². The molecule has 0 unspecified atom stereocenters. The number of hydrogen-bond donors (Lipinski definition) is 1. The van der Waals surface area contributed by atoms with Crippen molar-refractivity contribution in [2.24, 2.45) is 0 Å². The fourth-order valence-electron chi connectivity index (χ4n) is 2.40. The highest BCUT2D eigenvalue weighted by atomic mass is 35.5. The van der Waals surface area contributed by atoms with Crippen molar-refractivity contribution in [3.05, 3.63) is 23.2 Å². The maximum Gasteiger partial charge on any atom is 0.251 e. The predicted octanol–water partition coefficient (Wildman–Crippen LogP) is 3.23. The lowest BCUT2D eigenvalue weighted by Crippen LogP contribution is -2.45. The third-order valence-corrected chi connectivity index (χ3v) is 3.86. The summed E-state index contributed by atoms with van der Waals surface area (Å²) in [6.07, 6.45) is 2.94. The molecule has 98 valence electrons. The van der Waals surface area contributed by atoms with Crippen LogP contribution < -0.4 is 15.2 Å². The van der Waals surface area contributed by atoms with E-state index in [9.17, 15) is 0 Å². The first-order valence-corrected chi connectivity index (χ1v) is 6.47. The fourth-order valence-corrected chi connectivity index (χ4v) is 2.65. The van der Waals surface area contributed by atoms with Gasteiger partial charge in [0.25, 0.3) is 5.79 Å². The lowest BCUT2D eigenvalue weighted by Gasteiger charge is -2.35. The molecule has 19 heavy (non-hydrogen) atoms. The van der Waals surface area contributed by atoms with Gasteiger partial charge in [0.1, 0.15) is 5.69 Å². The van der Waals surface area contributed by atoms with Gasteiger partial charge in [0.05, 0.1) is 5.02 Å². The highest BCUT2D eigenvalue weighted by Gasteiger charge is 2.47. The van der Waals surface area contributed by atoms with E-state index in [-0.39, 0.29) is 5.88 Å². The van der Waals surface area contributed by atoms with Crippen molar-refractivity contribution < 1.29 is 14.0 Å². The van der Waals surface area contributed by atoms with E-state index in [1.54, 1.807) is 12.1 Å². The molecule has 1 aliphatic heterocycles. The molecule has 1 saturated carbocycles. The average Bonchev–Trinajstić information content (AvgIpc) is 2.90. The summed E-state index contributed by atoms with van der Waals surface area (Å²) in [4.78, 5) is 0. The SMILES string of the molecule is Nc1cc(-c2cc3c(cc2Cl)OC2(CCC2)O3)no1. The maximum absolute atomic E-state index is 6.25. The highest BCUT2D eigenvalue weighted by Crippen LogP contribution is 2.50. The maximum atomic E-state index is 6.25. The van der Waals surface area contributed by atoms with Crippen LogP contribution in [0, 0.1) is 0 Å². The van der Waals surface area contributed by atoms with E-state index in [0.717, 1.165) is 24.8 Å². The summed E-state index contributed by atoms with van der Waals surface area (Å²) in [6, 6.07) is 5.20. The molecular weight excluding hydrogens is 268 g/mol. The van der Waals surface area contributed by atoms with E-state index in [0.29, 0.717) is 22.2 Å². The normalized spacial score (nSPS) is 18.6. The Morgan fingerprint density at radius 3 is 2.47 bits per heavy atom. The van der Waals surface area contributed by atoms with Gasteiger partial charge in [-0.15, -0.1) is 0 Å². The van der Waals surface area contributed by atoms with Crippen molar-refractivity contribution in [1.29, 1.82) is 0 Å². The second kappa shape index (κ2) is 3.57. The van der Waals surface area contributed by atoms with Crippen LogP contribution in [0.1, 0.15) is 19.3 Å². The second-order valence-corrected chi connectivity index (χ2v) is 5.27. The minimum Gasteiger partial charge on any atom is -0.448 e. The molecule has 1 fully saturated rings. The molecule has 0 amide bonds. The van der Waals surface area contributed by atoms with Gasteiger partial charge >= 0.3 is 0 Å². The van der Waals surface area contributed by atoms with Crippen LogP contribution >= 0.6 is 11.6 Å². The van der Waals surface area contributed by atoms with Crippen molar-refractivity contribution in [2.75, 3.05) is 5.73 Å². The molecule has 2 aliphatic rings. The molecule has 6 heteroatoms. The topological polar surface area (TPSA) is 70.5 Å². The Bertz CT molecular complexity index is 664. The summed E-state index contributed by atoms with van der Waals surface area (Å²) in [5, 5.41) is 4.40. The number of hydrogen-bond acceptors (Lipinski definition) is 5. The minimum atomic E-state index is -0.465. The number of aromatic nitrogens is 1. The molecule has 5 nitrogen and oxygen atoms in total. The monoisotopic (exact) mass is 278 g/mol. The van der Waals surface area contributed by atoms with Gasteiger partial charge in [-0.2, -0.15) is 0 Å². The van der Waals surface area contributed by atoms with Crippen LogP contribution in [0.25, 0.3) is 11.3 Å². The zero-order chi connectivity index (χ0) is 13.0. The zero-order valence-corrected chi connectivity index (χ0v) is 10.7. The molecule has 0 saturated heterocycles. The van der Waals surface area contributed by atoms with Crippen LogP contribution in [0.15, 0.2) is 22.7 Å². The summed E-state index contributed by atoms with van der Waals surface area (Å²) in [5.74, 6) is 1.16. The highest BCUT2D eigenvalue weighted by molar-refractivity contribution is 6.33. The van der Waals surface area contributed by atoms with Gasteiger partial charge in [0.2, 0.25) is 5.88 Å².